The summed E-state index contributed by atoms with van der Waals surface area (Å²) in [4.78, 5) is 15.6. The number of aromatic nitrogens is 1. The molecule has 0 bridgehead atoms. The summed E-state index contributed by atoms with van der Waals surface area (Å²) < 4.78 is 38.2. The van der Waals surface area contributed by atoms with Gasteiger partial charge in [0.05, 0.1) is 17.1 Å². The van der Waals surface area contributed by atoms with Gasteiger partial charge in [0, 0.05) is 24.6 Å². The van der Waals surface area contributed by atoms with E-state index in [2.05, 4.69) is 15.6 Å². The van der Waals surface area contributed by atoms with Gasteiger partial charge in [0.25, 0.3) is 0 Å². The monoisotopic (exact) mass is 343 g/mol. The molecule has 2 N–H and O–H groups in total. The molecule has 2 rings (SSSR count). The molecule has 0 saturated carbocycles. The lowest BCUT2D eigenvalue weighted by Crippen LogP contribution is -2.27. The number of pyridine rings is 1. The van der Waals surface area contributed by atoms with Gasteiger partial charge in [-0.05, 0) is 35.9 Å². The van der Waals surface area contributed by atoms with Crippen LogP contribution < -0.4 is 10.6 Å². The van der Waals surface area contributed by atoms with Gasteiger partial charge in [0.15, 0.2) is 0 Å². The molecule has 0 radical (unpaired) electrons. The summed E-state index contributed by atoms with van der Waals surface area (Å²) in [5.74, 6) is -0.450. The van der Waals surface area contributed by atoms with Gasteiger partial charge in [-0.2, -0.15) is 13.2 Å². The van der Waals surface area contributed by atoms with E-state index in [4.69, 9.17) is 11.6 Å². The van der Waals surface area contributed by atoms with Crippen molar-refractivity contribution in [1.82, 2.24) is 10.3 Å². The van der Waals surface area contributed by atoms with E-state index in [1.54, 1.807) is 24.5 Å². The number of benzene rings is 1. The number of anilines is 1. The van der Waals surface area contributed by atoms with Crippen molar-refractivity contribution < 1.29 is 18.0 Å². The lowest BCUT2D eigenvalue weighted by Gasteiger charge is -2.12. The van der Waals surface area contributed by atoms with Crippen molar-refractivity contribution in [2.45, 2.75) is 12.7 Å². The minimum absolute atomic E-state index is 0.0354. The van der Waals surface area contributed by atoms with E-state index in [9.17, 15) is 18.0 Å². The van der Waals surface area contributed by atoms with Gasteiger partial charge in [-0.3, -0.25) is 9.78 Å². The minimum Gasteiger partial charge on any atom is -0.325 e. The first-order chi connectivity index (χ1) is 10.9. The number of nitrogens with one attached hydrogen (secondary N) is 2. The first-order valence-corrected chi connectivity index (χ1v) is 7.00. The van der Waals surface area contributed by atoms with Crippen LogP contribution in [0.1, 0.15) is 11.1 Å². The van der Waals surface area contributed by atoms with E-state index >= 15 is 0 Å². The maximum Gasteiger partial charge on any atom is 0.417 e. The number of carbonyl (C=O) groups is 1. The number of halogens is 4. The summed E-state index contributed by atoms with van der Waals surface area (Å²) in [6.45, 7) is 0.413. The van der Waals surface area contributed by atoms with Crippen molar-refractivity contribution in [3.05, 3.63) is 58.9 Å². The van der Waals surface area contributed by atoms with Gasteiger partial charge in [-0.1, -0.05) is 11.6 Å². The van der Waals surface area contributed by atoms with Crippen LogP contribution in [0.4, 0.5) is 18.9 Å². The van der Waals surface area contributed by atoms with Gasteiger partial charge in [-0.25, -0.2) is 0 Å². The predicted octanol–water partition coefficient (Wildman–Crippen LogP) is 3.48. The van der Waals surface area contributed by atoms with E-state index in [0.29, 0.717) is 6.54 Å². The standard InChI is InChI=1S/C15H13ClF3N3O/c16-13-2-1-11(7-12(13)15(17,18)19)22-14(23)9-21-8-10-3-5-20-6-4-10/h1-7,21H,8-9H2,(H,22,23). The molecule has 2 aromatic rings. The molecule has 0 unspecified atom stereocenters. The van der Waals surface area contributed by atoms with Crippen LogP contribution in [-0.4, -0.2) is 17.4 Å². The summed E-state index contributed by atoms with van der Waals surface area (Å²) in [6, 6.07) is 6.81. The maximum atomic E-state index is 12.7. The van der Waals surface area contributed by atoms with Crippen molar-refractivity contribution >= 4 is 23.2 Å². The van der Waals surface area contributed by atoms with E-state index < -0.39 is 22.7 Å². The Hall–Kier alpha value is -2.12. The Morgan fingerprint density at radius 3 is 2.52 bits per heavy atom. The van der Waals surface area contributed by atoms with Gasteiger partial charge >= 0.3 is 6.18 Å². The molecule has 4 nitrogen and oxygen atoms in total. The fraction of sp³-hybridized carbons (Fsp3) is 0.200. The Labute approximate surface area is 135 Å². The summed E-state index contributed by atoms with van der Waals surface area (Å²) in [6.07, 6.45) is -1.32. The minimum atomic E-state index is -4.57. The second kappa shape index (κ2) is 7.43. The normalized spacial score (nSPS) is 11.3. The highest BCUT2D eigenvalue weighted by molar-refractivity contribution is 6.31. The topological polar surface area (TPSA) is 54.0 Å². The van der Waals surface area contributed by atoms with Crippen molar-refractivity contribution in [3.8, 4) is 0 Å². The van der Waals surface area contributed by atoms with E-state index in [1.165, 1.54) is 6.07 Å². The largest absolute Gasteiger partial charge is 0.417 e. The van der Waals surface area contributed by atoms with Crippen LogP contribution >= 0.6 is 11.6 Å². The highest BCUT2D eigenvalue weighted by Crippen LogP contribution is 2.36. The third kappa shape index (κ3) is 5.22. The first-order valence-electron chi connectivity index (χ1n) is 6.62. The molecule has 0 spiro atoms. The second-order valence-electron chi connectivity index (χ2n) is 4.70. The Morgan fingerprint density at radius 2 is 1.87 bits per heavy atom. The number of nitrogens with zero attached hydrogens (tertiary/aromatic N) is 1. The number of rotatable bonds is 5. The number of hydrogen-bond donors (Lipinski definition) is 2. The van der Waals surface area contributed by atoms with Crippen LogP contribution in [0.3, 0.4) is 0 Å². The molecule has 0 saturated heterocycles. The summed E-state index contributed by atoms with van der Waals surface area (Å²) in [7, 11) is 0. The quantitative estimate of drug-likeness (QED) is 0.874. The van der Waals surface area contributed by atoms with Crippen molar-refractivity contribution in [1.29, 1.82) is 0 Å². The summed E-state index contributed by atoms with van der Waals surface area (Å²) in [5, 5.41) is 4.87. The van der Waals surface area contributed by atoms with Crippen LogP contribution in [0.15, 0.2) is 42.7 Å². The Morgan fingerprint density at radius 1 is 1.17 bits per heavy atom. The second-order valence-corrected chi connectivity index (χ2v) is 5.11. The van der Waals surface area contributed by atoms with E-state index in [1.807, 2.05) is 0 Å². The molecule has 0 aliphatic rings. The van der Waals surface area contributed by atoms with Gasteiger partial charge < -0.3 is 10.6 Å². The highest BCUT2D eigenvalue weighted by Gasteiger charge is 2.33. The van der Waals surface area contributed by atoms with Crippen LogP contribution in [0.25, 0.3) is 0 Å². The third-order valence-corrected chi connectivity index (χ3v) is 3.25. The zero-order chi connectivity index (χ0) is 16.9. The van der Waals surface area contributed by atoms with Crippen LogP contribution in [0.2, 0.25) is 5.02 Å². The smallest absolute Gasteiger partial charge is 0.325 e. The molecule has 1 aromatic heterocycles. The number of alkyl halides is 3. The average Bonchev–Trinajstić information content (AvgIpc) is 2.49. The number of carbonyl (C=O) groups excluding carboxylic acids is 1. The molecular weight excluding hydrogens is 331 g/mol. The lowest BCUT2D eigenvalue weighted by atomic mass is 10.2. The molecule has 8 heteroatoms. The molecule has 0 fully saturated rings. The molecule has 0 aliphatic carbocycles. The van der Waals surface area contributed by atoms with Crippen molar-refractivity contribution in [2.24, 2.45) is 0 Å². The molecular formula is C15H13ClF3N3O. The fourth-order valence-corrected chi connectivity index (χ4v) is 2.07. The predicted molar refractivity (Wildman–Crippen MR) is 81.0 cm³/mol. The molecule has 0 aliphatic heterocycles. The molecule has 1 aromatic carbocycles. The van der Waals surface area contributed by atoms with Crippen LogP contribution in [-0.2, 0) is 17.5 Å². The van der Waals surface area contributed by atoms with Crippen molar-refractivity contribution in [3.63, 3.8) is 0 Å². The Bertz CT molecular complexity index is 677. The maximum absolute atomic E-state index is 12.7. The number of hydrogen-bond acceptors (Lipinski definition) is 3. The van der Waals surface area contributed by atoms with Crippen molar-refractivity contribution in [2.75, 3.05) is 11.9 Å². The first kappa shape index (κ1) is 17.2. The SMILES string of the molecule is O=C(CNCc1ccncc1)Nc1ccc(Cl)c(C(F)(F)F)c1. The lowest BCUT2D eigenvalue weighted by molar-refractivity contribution is -0.137. The van der Waals surface area contributed by atoms with Gasteiger partial charge in [-0.15, -0.1) is 0 Å². The molecule has 23 heavy (non-hydrogen) atoms. The summed E-state index contributed by atoms with van der Waals surface area (Å²) in [5.41, 5.74) is -0.00204. The Kier molecular flexibility index (Phi) is 5.57. The fourth-order valence-electron chi connectivity index (χ4n) is 1.85. The summed E-state index contributed by atoms with van der Waals surface area (Å²) >= 11 is 5.52. The Balaban J connectivity index is 1.90. The van der Waals surface area contributed by atoms with E-state index in [-0.39, 0.29) is 12.2 Å². The van der Waals surface area contributed by atoms with Crippen LogP contribution in [0.5, 0.6) is 0 Å². The zero-order valence-corrected chi connectivity index (χ0v) is 12.6. The highest BCUT2D eigenvalue weighted by atomic mass is 35.5. The average molecular weight is 344 g/mol. The number of amides is 1. The molecule has 0 atom stereocenters. The molecule has 1 amide bonds. The molecule has 122 valence electrons. The van der Waals surface area contributed by atoms with E-state index in [0.717, 1.165) is 17.7 Å². The van der Waals surface area contributed by atoms with Crippen LogP contribution in [0, 0.1) is 0 Å². The van der Waals surface area contributed by atoms with Gasteiger partial charge in [0.1, 0.15) is 0 Å². The molecule has 1 heterocycles. The third-order valence-electron chi connectivity index (χ3n) is 2.92. The van der Waals surface area contributed by atoms with Gasteiger partial charge in [0.2, 0.25) is 5.91 Å². The zero-order valence-electron chi connectivity index (χ0n) is 11.8.